The molecule has 2 aliphatic rings. The first-order valence-corrected chi connectivity index (χ1v) is 11.9. The normalized spacial score (nSPS) is 18.5. The molecule has 164 valence electrons. The van der Waals surface area contributed by atoms with E-state index in [0.717, 1.165) is 42.4 Å². The third-order valence-electron chi connectivity index (χ3n) is 7.02. The predicted octanol–water partition coefficient (Wildman–Crippen LogP) is 5.49. The summed E-state index contributed by atoms with van der Waals surface area (Å²) in [6, 6.07) is 10.7. The molecular weight excluding hydrogens is 388 g/mol. The van der Waals surface area contributed by atoms with Gasteiger partial charge >= 0.3 is 0 Å². The minimum atomic E-state index is 0.222. The SMILES string of the molecule is Cc1cc(-c2nc3ccccc3n2CC(=O)N(C2CCCCC2)C2CCCCC2)on1. The molecule has 2 saturated carbocycles. The van der Waals surface area contributed by atoms with Crippen LogP contribution < -0.4 is 0 Å². The molecule has 0 spiro atoms. The van der Waals surface area contributed by atoms with Gasteiger partial charge in [0.25, 0.3) is 0 Å². The van der Waals surface area contributed by atoms with E-state index in [9.17, 15) is 4.79 Å². The van der Waals surface area contributed by atoms with Gasteiger partial charge < -0.3 is 14.0 Å². The second-order valence-electron chi connectivity index (χ2n) is 9.23. The zero-order valence-corrected chi connectivity index (χ0v) is 18.4. The quantitative estimate of drug-likeness (QED) is 0.547. The van der Waals surface area contributed by atoms with Gasteiger partial charge in [0.1, 0.15) is 6.54 Å². The molecule has 0 atom stereocenters. The van der Waals surface area contributed by atoms with Gasteiger partial charge in [0.05, 0.1) is 16.7 Å². The summed E-state index contributed by atoms with van der Waals surface area (Å²) in [7, 11) is 0. The lowest BCUT2D eigenvalue weighted by molar-refractivity contribution is -0.138. The maximum Gasteiger partial charge on any atom is 0.243 e. The van der Waals surface area contributed by atoms with E-state index >= 15 is 0 Å². The maximum absolute atomic E-state index is 13.9. The molecule has 0 bridgehead atoms. The highest BCUT2D eigenvalue weighted by atomic mass is 16.5. The van der Waals surface area contributed by atoms with Crippen molar-refractivity contribution in [3.8, 4) is 11.6 Å². The largest absolute Gasteiger partial charge is 0.353 e. The second-order valence-corrected chi connectivity index (χ2v) is 9.23. The van der Waals surface area contributed by atoms with Gasteiger partial charge in [0.2, 0.25) is 11.7 Å². The van der Waals surface area contributed by atoms with Gasteiger partial charge in [-0.25, -0.2) is 4.98 Å². The maximum atomic E-state index is 13.9. The van der Waals surface area contributed by atoms with Crippen LogP contribution in [0.25, 0.3) is 22.6 Å². The molecule has 6 heteroatoms. The summed E-state index contributed by atoms with van der Waals surface area (Å²) in [5.74, 6) is 1.52. The molecular formula is C25H32N4O2. The Kier molecular flexibility index (Phi) is 5.79. The van der Waals surface area contributed by atoms with Gasteiger partial charge in [-0.3, -0.25) is 4.79 Å². The van der Waals surface area contributed by atoms with Gasteiger partial charge in [-0.2, -0.15) is 0 Å². The van der Waals surface area contributed by atoms with Gasteiger partial charge in [0, 0.05) is 18.2 Å². The minimum Gasteiger partial charge on any atom is -0.353 e. The first-order chi connectivity index (χ1) is 15.2. The Labute approximate surface area is 183 Å². The van der Waals surface area contributed by atoms with Gasteiger partial charge in [-0.15, -0.1) is 0 Å². The number of benzene rings is 1. The molecule has 0 N–H and O–H groups in total. The number of hydrogen-bond donors (Lipinski definition) is 0. The molecule has 2 aliphatic carbocycles. The van der Waals surface area contributed by atoms with Crippen LogP contribution in [0.15, 0.2) is 34.9 Å². The molecule has 31 heavy (non-hydrogen) atoms. The summed E-state index contributed by atoms with van der Waals surface area (Å²) in [6.07, 6.45) is 12.1. The number of para-hydroxylation sites is 2. The van der Waals surface area contributed by atoms with Crippen LogP contribution in [0.4, 0.5) is 0 Å². The van der Waals surface area contributed by atoms with E-state index in [1.165, 1.54) is 38.5 Å². The predicted molar refractivity (Wildman–Crippen MR) is 121 cm³/mol. The minimum absolute atomic E-state index is 0.222. The Hall–Kier alpha value is -2.63. The van der Waals surface area contributed by atoms with Crippen molar-refractivity contribution in [2.45, 2.75) is 89.8 Å². The van der Waals surface area contributed by atoms with Crippen molar-refractivity contribution in [2.24, 2.45) is 0 Å². The van der Waals surface area contributed by atoms with E-state index in [2.05, 4.69) is 10.1 Å². The summed E-state index contributed by atoms with van der Waals surface area (Å²) in [5, 5.41) is 4.04. The number of aryl methyl sites for hydroxylation is 1. The Morgan fingerprint density at radius 1 is 1.03 bits per heavy atom. The van der Waals surface area contributed by atoms with Crippen molar-refractivity contribution in [1.82, 2.24) is 19.6 Å². The van der Waals surface area contributed by atoms with Gasteiger partial charge in [-0.05, 0) is 44.7 Å². The monoisotopic (exact) mass is 420 g/mol. The lowest BCUT2D eigenvalue weighted by Gasteiger charge is -2.42. The first kappa shape index (κ1) is 20.3. The molecule has 2 fully saturated rings. The van der Waals surface area contributed by atoms with Crippen molar-refractivity contribution < 1.29 is 9.32 Å². The standard InChI is InChI=1S/C25H32N4O2/c1-18-16-23(31-27-18)25-26-21-14-8-9-15-22(21)28(25)17-24(30)29(19-10-4-2-5-11-19)20-12-6-3-7-13-20/h8-9,14-16,19-20H,2-7,10-13,17H2,1H3. The van der Waals surface area contributed by atoms with Crippen LogP contribution in [-0.2, 0) is 11.3 Å². The summed E-state index contributed by atoms with van der Waals surface area (Å²) < 4.78 is 7.56. The molecule has 2 aromatic heterocycles. The average Bonchev–Trinajstić information content (AvgIpc) is 3.39. The highest BCUT2D eigenvalue weighted by Gasteiger charge is 2.33. The van der Waals surface area contributed by atoms with Crippen LogP contribution >= 0.6 is 0 Å². The fourth-order valence-corrected chi connectivity index (χ4v) is 5.53. The van der Waals surface area contributed by atoms with Crippen LogP contribution in [0.3, 0.4) is 0 Å². The Balaban J connectivity index is 1.50. The number of amides is 1. The van der Waals surface area contributed by atoms with Gasteiger partial charge in [0.15, 0.2) is 5.82 Å². The molecule has 3 aromatic rings. The topological polar surface area (TPSA) is 64.2 Å². The molecule has 2 heterocycles. The molecule has 0 aliphatic heterocycles. The third kappa shape index (κ3) is 4.12. The van der Waals surface area contributed by atoms with Crippen molar-refractivity contribution in [3.05, 3.63) is 36.0 Å². The van der Waals surface area contributed by atoms with Crippen LogP contribution in [0.5, 0.6) is 0 Å². The lowest BCUT2D eigenvalue weighted by Crippen LogP contribution is -2.50. The van der Waals surface area contributed by atoms with Crippen molar-refractivity contribution in [1.29, 1.82) is 0 Å². The van der Waals surface area contributed by atoms with Crippen LogP contribution in [0.1, 0.15) is 69.9 Å². The highest BCUT2D eigenvalue weighted by Crippen LogP contribution is 2.32. The fourth-order valence-electron chi connectivity index (χ4n) is 5.53. The summed E-state index contributed by atoms with van der Waals surface area (Å²) >= 11 is 0. The van der Waals surface area contributed by atoms with E-state index < -0.39 is 0 Å². The molecule has 1 amide bonds. The highest BCUT2D eigenvalue weighted by molar-refractivity contribution is 5.84. The van der Waals surface area contributed by atoms with Crippen molar-refractivity contribution in [2.75, 3.05) is 0 Å². The van der Waals surface area contributed by atoms with Gasteiger partial charge in [-0.1, -0.05) is 55.8 Å². The summed E-state index contributed by atoms with van der Waals surface area (Å²) in [6.45, 7) is 2.20. The Bertz CT molecular complexity index is 1020. The number of carbonyl (C=O) groups excluding carboxylic acids is 1. The molecule has 0 radical (unpaired) electrons. The fraction of sp³-hybridized carbons (Fsp3) is 0.560. The van der Waals surface area contributed by atoms with Crippen molar-refractivity contribution in [3.63, 3.8) is 0 Å². The number of rotatable bonds is 5. The zero-order chi connectivity index (χ0) is 21.2. The third-order valence-corrected chi connectivity index (χ3v) is 7.02. The second kappa shape index (κ2) is 8.85. The summed E-state index contributed by atoms with van der Waals surface area (Å²) in [5.41, 5.74) is 2.65. The Morgan fingerprint density at radius 2 is 1.68 bits per heavy atom. The lowest BCUT2D eigenvalue weighted by atomic mass is 9.88. The van der Waals surface area contributed by atoms with Crippen LogP contribution in [-0.4, -0.2) is 37.6 Å². The number of aromatic nitrogens is 3. The van der Waals surface area contributed by atoms with E-state index in [0.29, 0.717) is 30.2 Å². The Morgan fingerprint density at radius 3 is 2.29 bits per heavy atom. The summed E-state index contributed by atoms with van der Waals surface area (Å²) in [4.78, 5) is 20.9. The van der Waals surface area contributed by atoms with Crippen molar-refractivity contribution >= 4 is 16.9 Å². The molecule has 1 aromatic carbocycles. The van der Waals surface area contributed by atoms with E-state index in [4.69, 9.17) is 9.51 Å². The molecule has 6 nitrogen and oxygen atoms in total. The number of fused-ring (bicyclic) bond motifs is 1. The van der Waals surface area contributed by atoms with Crippen LogP contribution in [0, 0.1) is 6.92 Å². The molecule has 0 unspecified atom stereocenters. The van der Waals surface area contributed by atoms with Crippen LogP contribution in [0.2, 0.25) is 0 Å². The average molecular weight is 421 g/mol. The first-order valence-electron chi connectivity index (χ1n) is 11.9. The number of nitrogens with zero attached hydrogens (tertiary/aromatic N) is 4. The molecule has 0 saturated heterocycles. The molecule has 5 rings (SSSR count). The van der Waals surface area contributed by atoms with E-state index in [1.807, 2.05) is 41.8 Å². The zero-order valence-electron chi connectivity index (χ0n) is 18.4. The van der Waals surface area contributed by atoms with E-state index in [1.54, 1.807) is 0 Å². The smallest absolute Gasteiger partial charge is 0.243 e. The van der Waals surface area contributed by atoms with E-state index in [-0.39, 0.29) is 5.91 Å². The number of carbonyl (C=O) groups is 1. The number of hydrogen-bond acceptors (Lipinski definition) is 4. The number of imidazole rings is 1.